The number of hydrogen-bond acceptors (Lipinski definition) is 4. The molecule has 0 unspecified atom stereocenters. The van der Waals surface area contributed by atoms with Gasteiger partial charge in [0.15, 0.2) is 0 Å². The van der Waals surface area contributed by atoms with E-state index in [2.05, 4.69) is 17.8 Å². The van der Waals surface area contributed by atoms with Crippen LogP contribution in [0.25, 0.3) is 0 Å². The largest absolute Gasteiger partial charge is 0.270 e. The summed E-state index contributed by atoms with van der Waals surface area (Å²) in [6.45, 7) is 2.12. The van der Waals surface area contributed by atoms with Gasteiger partial charge in [-0.3, -0.25) is 30.6 Å². The molecule has 2 rings (SSSR count). The van der Waals surface area contributed by atoms with Crippen molar-refractivity contribution in [3.8, 4) is 0 Å². The summed E-state index contributed by atoms with van der Waals surface area (Å²) in [5.41, 5.74) is 6.01. The van der Waals surface area contributed by atoms with Crippen molar-refractivity contribution < 1.29 is 14.5 Å². The maximum Gasteiger partial charge on any atom is 0.270 e. The number of unbranched alkanes of at least 4 members (excludes halogenated alkanes) is 1. The minimum absolute atomic E-state index is 0.0874. The van der Waals surface area contributed by atoms with Crippen molar-refractivity contribution in [1.82, 2.24) is 10.9 Å². The number of amides is 2. The topological polar surface area (TPSA) is 101 Å². The van der Waals surface area contributed by atoms with Crippen LogP contribution in [0.2, 0.25) is 0 Å². The second-order valence-corrected chi connectivity index (χ2v) is 5.52. The van der Waals surface area contributed by atoms with E-state index >= 15 is 0 Å². The number of hydrogen-bond donors (Lipinski definition) is 2. The zero-order valence-electron chi connectivity index (χ0n) is 13.8. The summed E-state index contributed by atoms with van der Waals surface area (Å²) in [6, 6.07) is 12.4. The lowest BCUT2D eigenvalue weighted by Crippen LogP contribution is -2.41. The van der Waals surface area contributed by atoms with E-state index in [1.54, 1.807) is 12.1 Å². The smallest absolute Gasteiger partial charge is 0.267 e. The highest BCUT2D eigenvalue weighted by molar-refractivity contribution is 5.99. The summed E-state index contributed by atoms with van der Waals surface area (Å²) in [7, 11) is 0. The first-order valence-corrected chi connectivity index (χ1v) is 7.95. The van der Waals surface area contributed by atoms with Crippen molar-refractivity contribution in [2.24, 2.45) is 0 Å². The Morgan fingerprint density at radius 3 is 2.24 bits per heavy atom. The Kier molecular flexibility index (Phi) is 6.22. The number of aryl methyl sites for hydroxylation is 1. The molecule has 2 N–H and O–H groups in total. The fourth-order valence-electron chi connectivity index (χ4n) is 2.22. The number of nitrogens with zero attached hydrogens (tertiary/aromatic N) is 1. The molecule has 0 aliphatic carbocycles. The molecule has 2 amide bonds. The molecule has 0 bridgehead atoms. The molecule has 130 valence electrons. The number of non-ortho nitro benzene ring substituents is 1. The number of hydrazine groups is 1. The molecule has 0 aliphatic rings. The van der Waals surface area contributed by atoms with Crippen LogP contribution >= 0.6 is 0 Å². The molecule has 0 atom stereocenters. The number of nitro benzene ring substituents is 1. The van der Waals surface area contributed by atoms with Gasteiger partial charge in [0.05, 0.1) is 4.92 Å². The van der Waals surface area contributed by atoms with E-state index in [4.69, 9.17) is 0 Å². The maximum absolute atomic E-state index is 12.0. The first-order chi connectivity index (χ1) is 12.0. The van der Waals surface area contributed by atoms with Crippen molar-refractivity contribution in [1.29, 1.82) is 0 Å². The summed E-state index contributed by atoms with van der Waals surface area (Å²) in [5.74, 6) is -1.09. The van der Waals surface area contributed by atoms with Gasteiger partial charge in [-0.1, -0.05) is 31.5 Å². The van der Waals surface area contributed by atoms with E-state index in [9.17, 15) is 19.7 Å². The first-order valence-electron chi connectivity index (χ1n) is 7.95. The zero-order chi connectivity index (χ0) is 18.2. The molecule has 0 aliphatic heterocycles. The third kappa shape index (κ3) is 5.13. The summed E-state index contributed by atoms with van der Waals surface area (Å²) < 4.78 is 0. The molecule has 25 heavy (non-hydrogen) atoms. The molecule has 0 aromatic heterocycles. The molecule has 7 heteroatoms. The summed E-state index contributed by atoms with van der Waals surface area (Å²) in [5, 5.41) is 10.7. The Labute approximate surface area is 145 Å². The van der Waals surface area contributed by atoms with Crippen molar-refractivity contribution in [3.63, 3.8) is 0 Å². The quantitative estimate of drug-likeness (QED) is 0.623. The van der Waals surface area contributed by atoms with E-state index < -0.39 is 16.7 Å². The van der Waals surface area contributed by atoms with Gasteiger partial charge >= 0.3 is 0 Å². The van der Waals surface area contributed by atoms with Crippen LogP contribution in [-0.4, -0.2) is 16.7 Å². The van der Waals surface area contributed by atoms with Crippen LogP contribution in [0.4, 0.5) is 5.69 Å². The van der Waals surface area contributed by atoms with E-state index in [0.717, 1.165) is 30.9 Å². The van der Waals surface area contributed by atoms with E-state index in [0.29, 0.717) is 5.56 Å². The van der Waals surface area contributed by atoms with E-state index in [1.807, 2.05) is 12.1 Å². The van der Waals surface area contributed by atoms with Crippen LogP contribution in [0.15, 0.2) is 48.5 Å². The van der Waals surface area contributed by atoms with E-state index in [1.165, 1.54) is 18.2 Å². The van der Waals surface area contributed by atoms with Gasteiger partial charge in [0.2, 0.25) is 0 Å². The third-order valence-corrected chi connectivity index (χ3v) is 3.64. The summed E-state index contributed by atoms with van der Waals surface area (Å²) >= 11 is 0. The lowest BCUT2D eigenvalue weighted by Gasteiger charge is -2.08. The lowest BCUT2D eigenvalue weighted by molar-refractivity contribution is -0.384. The van der Waals surface area contributed by atoms with Crippen LogP contribution in [0, 0.1) is 10.1 Å². The molecule has 0 radical (unpaired) electrons. The van der Waals surface area contributed by atoms with Crippen molar-refractivity contribution in [2.75, 3.05) is 0 Å². The predicted octanol–water partition coefficient (Wildman–Crippen LogP) is 3.01. The molecule has 0 saturated carbocycles. The minimum atomic E-state index is -0.628. The number of carbonyl (C=O) groups excluding carboxylic acids is 2. The molecule has 0 saturated heterocycles. The normalized spacial score (nSPS) is 10.1. The molecular weight excluding hydrogens is 322 g/mol. The number of rotatable bonds is 6. The van der Waals surface area contributed by atoms with Crippen LogP contribution in [0.5, 0.6) is 0 Å². The first kappa shape index (κ1) is 18.1. The molecule has 0 fully saturated rings. The average molecular weight is 341 g/mol. The minimum Gasteiger partial charge on any atom is -0.267 e. The van der Waals surface area contributed by atoms with Crippen LogP contribution in [0.1, 0.15) is 46.0 Å². The highest BCUT2D eigenvalue weighted by atomic mass is 16.6. The molecule has 0 heterocycles. The number of benzene rings is 2. The lowest BCUT2D eigenvalue weighted by atomic mass is 10.1. The van der Waals surface area contributed by atoms with Gasteiger partial charge in [-0.2, -0.15) is 0 Å². The number of nitrogens with one attached hydrogen (secondary N) is 2. The van der Waals surface area contributed by atoms with Gasteiger partial charge < -0.3 is 0 Å². The fourth-order valence-corrected chi connectivity index (χ4v) is 2.22. The van der Waals surface area contributed by atoms with Gasteiger partial charge in [0, 0.05) is 23.3 Å². The zero-order valence-corrected chi connectivity index (χ0v) is 13.8. The monoisotopic (exact) mass is 341 g/mol. The second-order valence-electron chi connectivity index (χ2n) is 5.52. The van der Waals surface area contributed by atoms with E-state index in [-0.39, 0.29) is 11.3 Å². The number of nitro groups is 1. The predicted molar refractivity (Wildman–Crippen MR) is 93.1 cm³/mol. The standard InChI is InChI=1S/C18H19N3O4/c1-2-3-5-13-8-10-14(11-9-13)17(22)19-20-18(23)15-6-4-7-16(12-15)21(24)25/h4,6-12H,2-3,5H2,1H3,(H,19,22)(H,20,23). The number of carbonyl (C=O) groups is 2. The van der Waals surface area contributed by atoms with Crippen LogP contribution in [0.3, 0.4) is 0 Å². The SMILES string of the molecule is CCCCc1ccc(C(=O)NNC(=O)c2cccc([N+](=O)[O-])c2)cc1. The van der Waals surface area contributed by atoms with Crippen molar-refractivity contribution in [2.45, 2.75) is 26.2 Å². The Hall–Kier alpha value is -3.22. The summed E-state index contributed by atoms with van der Waals surface area (Å²) in [4.78, 5) is 34.2. The Balaban J connectivity index is 1.94. The Morgan fingerprint density at radius 2 is 1.64 bits per heavy atom. The van der Waals surface area contributed by atoms with Crippen molar-refractivity contribution >= 4 is 17.5 Å². The van der Waals surface area contributed by atoms with Gasteiger partial charge in [-0.25, -0.2) is 0 Å². The van der Waals surface area contributed by atoms with Gasteiger partial charge in [-0.15, -0.1) is 0 Å². The Bertz CT molecular complexity index is 772. The van der Waals surface area contributed by atoms with Crippen LogP contribution in [-0.2, 0) is 6.42 Å². The highest BCUT2D eigenvalue weighted by Crippen LogP contribution is 2.13. The van der Waals surface area contributed by atoms with Crippen LogP contribution < -0.4 is 10.9 Å². The van der Waals surface area contributed by atoms with Crippen molar-refractivity contribution in [3.05, 3.63) is 75.3 Å². The van der Waals surface area contributed by atoms with Gasteiger partial charge in [-0.05, 0) is 36.6 Å². The molecule has 2 aromatic rings. The van der Waals surface area contributed by atoms with Gasteiger partial charge in [0.1, 0.15) is 0 Å². The van der Waals surface area contributed by atoms with Gasteiger partial charge in [0.25, 0.3) is 17.5 Å². The molecule has 0 spiro atoms. The third-order valence-electron chi connectivity index (χ3n) is 3.64. The highest BCUT2D eigenvalue weighted by Gasteiger charge is 2.12. The molecular formula is C18H19N3O4. The molecule has 2 aromatic carbocycles. The average Bonchev–Trinajstić information content (AvgIpc) is 2.64. The maximum atomic E-state index is 12.0. The molecule has 7 nitrogen and oxygen atoms in total. The summed E-state index contributed by atoms with van der Waals surface area (Å²) in [6.07, 6.45) is 3.15. The second kappa shape index (κ2) is 8.58. The fraction of sp³-hybridized carbons (Fsp3) is 0.222. The Morgan fingerprint density at radius 1 is 1.00 bits per heavy atom.